The van der Waals surface area contributed by atoms with Gasteiger partial charge in [-0.1, -0.05) is 6.92 Å². The Morgan fingerprint density at radius 3 is 2.77 bits per heavy atom. The van der Waals surface area contributed by atoms with Crippen LogP contribution in [0.2, 0.25) is 0 Å². The first-order valence-electron chi connectivity index (χ1n) is 8.96. The van der Waals surface area contributed by atoms with Gasteiger partial charge in [0.25, 0.3) is 12.3 Å². The number of hydrogen-bond acceptors (Lipinski definition) is 5. The van der Waals surface area contributed by atoms with Crippen molar-refractivity contribution in [3.8, 4) is 5.75 Å². The number of anilines is 1. The van der Waals surface area contributed by atoms with Gasteiger partial charge in [-0.15, -0.1) is 0 Å². The monoisotopic (exact) mass is 447 g/mol. The molecule has 3 rings (SSSR count). The topological polar surface area (TPSA) is 110 Å². The summed E-state index contributed by atoms with van der Waals surface area (Å²) >= 11 is 0. The Bertz CT molecular complexity index is 1070. The summed E-state index contributed by atoms with van der Waals surface area (Å²) in [4.78, 5) is 12.5. The molecule has 0 spiro atoms. The van der Waals surface area contributed by atoms with E-state index in [1.165, 1.54) is 17.8 Å². The molecule has 2 aromatic rings. The van der Waals surface area contributed by atoms with Crippen molar-refractivity contribution in [2.24, 2.45) is 7.05 Å². The van der Waals surface area contributed by atoms with Crippen molar-refractivity contribution in [2.75, 3.05) is 11.9 Å². The summed E-state index contributed by atoms with van der Waals surface area (Å²) < 4.78 is 73.7. The number of benzene rings is 1. The lowest BCUT2D eigenvalue weighted by Crippen LogP contribution is -2.45. The lowest BCUT2D eigenvalue weighted by Gasteiger charge is -2.20. The molecule has 2 heterocycles. The number of sulfonamides is 1. The Hall–Kier alpha value is -2.57. The molecular formula is C18H20F3N3O5S. The van der Waals surface area contributed by atoms with Gasteiger partial charge in [-0.2, -0.15) is 0 Å². The molecule has 0 saturated heterocycles. The summed E-state index contributed by atoms with van der Waals surface area (Å²) in [5.74, 6) is -2.18. The molecule has 1 aliphatic heterocycles. The van der Waals surface area contributed by atoms with E-state index in [0.717, 1.165) is 18.2 Å². The number of halogens is 3. The number of aryl methyl sites for hydroxylation is 1. The summed E-state index contributed by atoms with van der Waals surface area (Å²) in [6.45, 7) is 1.45. The third-order valence-corrected chi connectivity index (χ3v) is 6.18. The SMILES string of the molecule is CCC(O)[C@H]1COc2c(cn(C)c2C(=O)Nc2ccc(F)c(C(F)F)c2)S(=O)(=O)N1. The van der Waals surface area contributed by atoms with Gasteiger partial charge in [-0.25, -0.2) is 26.3 Å². The molecule has 0 bridgehead atoms. The van der Waals surface area contributed by atoms with E-state index in [1.807, 2.05) is 0 Å². The van der Waals surface area contributed by atoms with Gasteiger partial charge < -0.3 is 19.7 Å². The van der Waals surface area contributed by atoms with Crippen LogP contribution in [0.5, 0.6) is 5.75 Å². The number of carbonyl (C=O) groups is 1. The Kier molecular flexibility index (Phi) is 6.11. The van der Waals surface area contributed by atoms with Crippen LogP contribution in [0.1, 0.15) is 35.8 Å². The smallest absolute Gasteiger partial charge is 0.276 e. The molecule has 30 heavy (non-hydrogen) atoms. The van der Waals surface area contributed by atoms with Crippen molar-refractivity contribution in [3.63, 3.8) is 0 Å². The minimum Gasteiger partial charge on any atom is -0.488 e. The number of aliphatic hydroxyl groups is 1. The number of rotatable bonds is 5. The van der Waals surface area contributed by atoms with E-state index in [-0.39, 0.29) is 35.1 Å². The number of nitrogens with one attached hydrogen (secondary N) is 2. The van der Waals surface area contributed by atoms with Gasteiger partial charge in [0.2, 0.25) is 10.0 Å². The van der Waals surface area contributed by atoms with E-state index in [9.17, 15) is 31.5 Å². The van der Waals surface area contributed by atoms with Gasteiger partial charge in [0, 0.05) is 18.9 Å². The maximum Gasteiger partial charge on any atom is 0.276 e. The maximum atomic E-state index is 13.5. The zero-order valence-corrected chi connectivity index (χ0v) is 16.8. The third kappa shape index (κ3) is 4.16. The fourth-order valence-electron chi connectivity index (χ4n) is 3.09. The van der Waals surface area contributed by atoms with Crippen LogP contribution in [-0.2, 0) is 17.1 Å². The number of amides is 1. The first kappa shape index (κ1) is 22.1. The summed E-state index contributed by atoms with van der Waals surface area (Å²) in [6.07, 6.45) is -2.63. The number of carbonyl (C=O) groups excluding carboxylic acids is 1. The third-order valence-electron chi connectivity index (χ3n) is 4.69. The molecule has 8 nitrogen and oxygen atoms in total. The van der Waals surface area contributed by atoms with Crippen LogP contribution < -0.4 is 14.8 Å². The number of ether oxygens (including phenoxy) is 1. The van der Waals surface area contributed by atoms with Crippen molar-refractivity contribution in [1.29, 1.82) is 0 Å². The number of aromatic nitrogens is 1. The van der Waals surface area contributed by atoms with E-state index in [0.29, 0.717) is 0 Å². The Balaban J connectivity index is 1.95. The number of alkyl halides is 2. The second kappa shape index (κ2) is 8.28. The van der Waals surface area contributed by atoms with Crippen LogP contribution in [0, 0.1) is 5.82 Å². The number of hydrogen-bond donors (Lipinski definition) is 3. The summed E-state index contributed by atoms with van der Waals surface area (Å²) in [7, 11) is -2.69. The van der Waals surface area contributed by atoms with Crippen LogP contribution >= 0.6 is 0 Å². The molecule has 0 saturated carbocycles. The van der Waals surface area contributed by atoms with E-state index in [1.54, 1.807) is 6.92 Å². The standard InChI is InChI=1S/C18H20F3N3O5S/c1-3-13(25)12-8-29-16-14(30(27,28)23-12)7-24(2)15(16)18(26)22-9-4-5-11(19)10(6-9)17(20)21/h4-7,12-13,17,23,25H,3,8H2,1-2H3,(H,22,26)/t12-,13?/m1/s1. The number of nitrogens with zero attached hydrogens (tertiary/aromatic N) is 1. The zero-order chi connectivity index (χ0) is 22.2. The fraction of sp³-hybridized carbons (Fsp3) is 0.389. The fourth-order valence-corrected chi connectivity index (χ4v) is 4.54. The van der Waals surface area contributed by atoms with Gasteiger partial charge >= 0.3 is 0 Å². The average molecular weight is 447 g/mol. The normalized spacial score (nSPS) is 19.0. The summed E-state index contributed by atoms with van der Waals surface area (Å²) in [5, 5.41) is 12.3. The van der Waals surface area contributed by atoms with Gasteiger partial charge in [0.05, 0.1) is 17.7 Å². The highest BCUT2D eigenvalue weighted by Crippen LogP contribution is 2.33. The average Bonchev–Trinajstić information content (AvgIpc) is 2.96. The van der Waals surface area contributed by atoms with Crippen LogP contribution in [0.25, 0.3) is 0 Å². The van der Waals surface area contributed by atoms with Crippen LogP contribution in [-0.4, -0.2) is 42.8 Å². The highest BCUT2D eigenvalue weighted by atomic mass is 32.2. The quantitative estimate of drug-likeness (QED) is 0.651. The van der Waals surface area contributed by atoms with Gasteiger partial charge in [0.15, 0.2) is 11.4 Å². The van der Waals surface area contributed by atoms with Gasteiger partial charge in [-0.05, 0) is 24.6 Å². The van der Waals surface area contributed by atoms with E-state index < -0.39 is 45.9 Å². The molecule has 1 aromatic carbocycles. The Labute approximate surface area is 170 Å². The predicted molar refractivity (Wildman–Crippen MR) is 101 cm³/mol. The molecule has 2 atom stereocenters. The predicted octanol–water partition coefficient (Wildman–Crippen LogP) is 2.16. The molecule has 1 amide bonds. The first-order valence-corrected chi connectivity index (χ1v) is 10.4. The minimum absolute atomic E-state index is 0.0967. The molecule has 0 radical (unpaired) electrons. The Morgan fingerprint density at radius 2 is 2.13 bits per heavy atom. The highest BCUT2D eigenvalue weighted by molar-refractivity contribution is 7.89. The molecule has 1 aromatic heterocycles. The molecule has 12 heteroatoms. The lowest BCUT2D eigenvalue weighted by molar-refractivity contribution is 0.0990. The molecule has 1 aliphatic rings. The van der Waals surface area contributed by atoms with Crippen molar-refractivity contribution >= 4 is 21.6 Å². The van der Waals surface area contributed by atoms with Gasteiger partial charge in [-0.3, -0.25) is 4.79 Å². The van der Waals surface area contributed by atoms with Crippen molar-refractivity contribution in [3.05, 3.63) is 41.5 Å². The van der Waals surface area contributed by atoms with Crippen LogP contribution in [0.3, 0.4) is 0 Å². The second-order valence-electron chi connectivity index (χ2n) is 6.79. The highest BCUT2D eigenvalue weighted by Gasteiger charge is 2.36. The number of aliphatic hydroxyl groups excluding tert-OH is 1. The van der Waals surface area contributed by atoms with Crippen molar-refractivity contribution in [2.45, 2.75) is 36.8 Å². The summed E-state index contributed by atoms with van der Waals surface area (Å²) in [6, 6.07) is 1.78. The number of fused-ring (bicyclic) bond motifs is 1. The largest absolute Gasteiger partial charge is 0.488 e. The molecule has 3 N–H and O–H groups in total. The molecule has 0 fully saturated rings. The van der Waals surface area contributed by atoms with Crippen molar-refractivity contribution < 1.29 is 36.2 Å². The summed E-state index contributed by atoms with van der Waals surface area (Å²) in [5.41, 5.74) is -1.15. The molecular weight excluding hydrogens is 427 g/mol. The van der Waals surface area contributed by atoms with Crippen LogP contribution in [0.4, 0.5) is 18.9 Å². The zero-order valence-electron chi connectivity index (χ0n) is 16.0. The van der Waals surface area contributed by atoms with Crippen molar-refractivity contribution in [1.82, 2.24) is 9.29 Å². The molecule has 164 valence electrons. The second-order valence-corrected chi connectivity index (χ2v) is 8.47. The maximum absolute atomic E-state index is 13.5. The molecule has 1 unspecified atom stereocenters. The first-order chi connectivity index (χ1) is 14.0. The Morgan fingerprint density at radius 1 is 1.43 bits per heavy atom. The lowest BCUT2D eigenvalue weighted by atomic mass is 10.1. The van der Waals surface area contributed by atoms with E-state index in [2.05, 4.69) is 10.0 Å². The minimum atomic E-state index is -4.10. The van der Waals surface area contributed by atoms with Gasteiger partial charge in [0.1, 0.15) is 17.3 Å². The van der Waals surface area contributed by atoms with E-state index >= 15 is 0 Å². The van der Waals surface area contributed by atoms with E-state index in [4.69, 9.17) is 4.74 Å². The van der Waals surface area contributed by atoms with Crippen LogP contribution in [0.15, 0.2) is 29.3 Å². The molecule has 0 aliphatic carbocycles.